The fourth-order valence-electron chi connectivity index (χ4n) is 2.82. The van der Waals surface area contributed by atoms with Crippen molar-refractivity contribution in [3.63, 3.8) is 0 Å². The molecule has 5 heteroatoms. The molecule has 0 aliphatic carbocycles. The molecule has 1 aromatic carbocycles. The molecule has 3 aliphatic heterocycles. The fraction of sp³-hybridized carbons (Fsp3) is 0.176. The summed E-state index contributed by atoms with van der Waals surface area (Å²) in [4.78, 5) is 12.7. The average molecular weight is 311 g/mol. The number of fused-ring (bicyclic) bond motifs is 1. The SMILES string of the molecule is Cc1nc(C2=CNCC2)c2nc(-c3cccc(Cl)c3)cc-2[nH]1. The van der Waals surface area contributed by atoms with E-state index in [1.165, 1.54) is 5.57 Å². The van der Waals surface area contributed by atoms with Crippen molar-refractivity contribution in [1.82, 2.24) is 20.3 Å². The number of aromatic amines is 1. The van der Waals surface area contributed by atoms with Gasteiger partial charge in [-0.1, -0.05) is 23.7 Å². The molecule has 22 heavy (non-hydrogen) atoms. The highest BCUT2D eigenvalue weighted by Crippen LogP contribution is 2.34. The molecule has 0 aromatic heterocycles. The van der Waals surface area contributed by atoms with Crippen LogP contribution in [0, 0.1) is 6.92 Å². The molecule has 3 heterocycles. The standard InChI is InChI=1S/C17H15ClN4/c1-10-20-15-8-14(11-3-2-4-13(18)7-11)22-17(15)16(21-10)12-5-6-19-9-12/h2-4,7-9,19H,5-6H2,1H3,(H,20,21). The number of H-pyrrole nitrogens is 1. The smallest absolute Gasteiger partial charge is 0.113 e. The molecule has 0 atom stereocenters. The van der Waals surface area contributed by atoms with Gasteiger partial charge >= 0.3 is 0 Å². The molecule has 4 rings (SSSR count). The van der Waals surface area contributed by atoms with Gasteiger partial charge in [0.15, 0.2) is 0 Å². The second kappa shape index (κ2) is 5.14. The number of aromatic nitrogens is 3. The van der Waals surface area contributed by atoms with E-state index in [9.17, 15) is 0 Å². The van der Waals surface area contributed by atoms with Gasteiger partial charge in [-0.05, 0) is 37.1 Å². The van der Waals surface area contributed by atoms with Crippen molar-refractivity contribution in [3.8, 4) is 22.6 Å². The Morgan fingerprint density at radius 2 is 2.05 bits per heavy atom. The summed E-state index contributed by atoms with van der Waals surface area (Å²) in [6, 6.07) is 9.81. The summed E-state index contributed by atoms with van der Waals surface area (Å²) < 4.78 is 0. The zero-order valence-corrected chi connectivity index (χ0v) is 12.9. The van der Waals surface area contributed by atoms with Crippen LogP contribution in [0.3, 0.4) is 0 Å². The van der Waals surface area contributed by atoms with Crippen LogP contribution in [0.25, 0.3) is 28.2 Å². The number of aryl methyl sites for hydroxylation is 1. The number of nitrogens with zero attached hydrogens (tertiary/aromatic N) is 2. The molecule has 1 aromatic rings. The maximum atomic E-state index is 6.09. The minimum atomic E-state index is 0.714. The van der Waals surface area contributed by atoms with E-state index in [-0.39, 0.29) is 0 Å². The first kappa shape index (κ1) is 13.3. The van der Waals surface area contributed by atoms with Gasteiger partial charge in [-0.3, -0.25) is 0 Å². The lowest BCUT2D eigenvalue weighted by atomic mass is 10.1. The highest BCUT2D eigenvalue weighted by Gasteiger charge is 2.21. The predicted octanol–water partition coefficient (Wildman–Crippen LogP) is 3.87. The maximum absolute atomic E-state index is 6.09. The summed E-state index contributed by atoms with van der Waals surface area (Å²) in [6.07, 6.45) is 3.01. The number of hydrogen-bond acceptors (Lipinski definition) is 3. The van der Waals surface area contributed by atoms with Crippen LogP contribution >= 0.6 is 11.6 Å². The zero-order chi connectivity index (χ0) is 15.1. The van der Waals surface area contributed by atoms with Gasteiger partial charge in [0.2, 0.25) is 0 Å². The molecular formula is C17H15ClN4. The Bertz CT molecular complexity index is 850. The minimum absolute atomic E-state index is 0.714. The Morgan fingerprint density at radius 3 is 2.82 bits per heavy atom. The predicted molar refractivity (Wildman–Crippen MR) is 88.8 cm³/mol. The number of rotatable bonds is 2. The summed E-state index contributed by atoms with van der Waals surface area (Å²) in [7, 11) is 0. The van der Waals surface area contributed by atoms with E-state index in [4.69, 9.17) is 16.6 Å². The third-order valence-electron chi connectivity index (χ3n) is 3.83. The average Bonchev–Trinajstić information content (AvgIpc) is 3.15. The number of hydrogen-bond donors (Lipinski definition) is 2. The molecule has 4 nitrogen and oxygen atoms in total. The second-order valence-electron chi connectivity index (χ2n) is 5.46. The molecule has 0 unspecified atom stereocenters. The topological polar surface area (TPSA) is 53.6 Å². The van der Waals surface area contributed by atoms with Crippen LogP contribution in [-0.2, 0) is 0 Å². The van der Waals surface area contributed by atoms with E-state index in [1.54, 1.807) is 0 Å². The lowest BCUT2D eigenvalue weighted by Gasteiger charge is -2.08. The van der Waals surface area contributed by atoms with Gasteiger partial charge < -0.3 is 10.3 Å². The molecule has 0 radical (unpaired) electrons. The van der Waals surface area contributed by atoms with Crippen molar-refractivity contribution in [3.05, 3.63) is 53.1 Å². The summed E-state index contributed by atoms with van der Waals surface area (Å²) in [5.74, 6) is 0.889. The van der Waals surface area contributed by atoms with Crippen LogP contribution in [0.15, 0.2) is 36.5 Å². The molecule has 0 saturated heterocycles. The number of benzene rings is 1. The van der Waals surface area contributed by atoms with E-state index < -0.39 is 0 Å². The molecule has 2 N–H and O–H groups in total. The third kappa shape index (κ3) is 2.25. The van der Waals surface area contributed by atoms with Gasteiger partial charge in [-0.15, -0.1) is 0 Å². The Morgan fingerprint density at radius 1 is 1.14 bits per heavy atom. The van der Waals surface area contributed by atoms with Crippen molar-refractivity contribution in [1.29, 1.82) is 0 Å². The number of nitrogens with one attached hydrogen (secondary N) is 2. The first-order valence-electron chi connectivity index (χ1n) is 7.27. The largest absolute Gasteiger partial charge is 0.390 e. The van der Waals surface area contributed by atoms with Gasteiger partial charge in [0.05, 0.1) is 17.1 Å². The molecule has 110 valence electrons. The minimum Gasteiger partial charge on any atom is -0.390 e. The van der Waals surface area contributed by atoms with Gasteiger partial charge in [0, 0.05) is 23.3 Å². The Hall–Kier alpha value is -2.33. The number of halogens is 1. The zero-order valence-electron chi connectivity index (χ0n) is 12.2. The van der Waals surface area contributed by atoms with E-state index in [0.29, 0.717) is 5.02 Å². The molecular weight excluding hydrogens is 296 g/mol. The normalized spacial score (nSPS) is 14.2. The van der Waals surface area contributed by atoms with Crippen LogP contribution in [0.4, 0.5) is 0 Å². The van der Waals surface area contributed by atoms with Gasteiger partial charge in [0.25, 0.3) is 0 Å². The van der Waals surface area contributed by atoms with Gasteiger partial charge in [0.1, 0.15) is 11.5 Å². The van der Waals surface area contributed by atoms with Crippen LogP contribution in [0.2, 0.25) is 5.02 Å². The maximum Gasteiger partial charge on any atom is 0.113 e. The summed E-state index contributed by atoms with van der Waals surface area (Å²) in [5.41, 5.74) is 6.01. The Balaban J connectivity index is 1.90. The lowest BCUT2D eigenvalue weighted by Crippen LogP contribution is -2.00. The molecule has 3 aliphatic rings. The van der Waals surface area contributed by atoms with E-state index >= 15 is 0 Å². The molecule has 0 bridgehead atoms. The first-order chi connectivity index (χ1) is 10.7. The van der Waals surface area contributed by atoms with Crippen molar-refractivity contribution in [2.45, 2.75) is 13.3 Å². The lowest BCUT2D eigenvalue weighted by molar-refractivity contribution is 0.916. The molecule has 0 spiro atoms. The molecule has 0 saturated carbocycles. The van der Waals surface area contributed by atoms with E-state index in [0.717, 1.165) is 47.1 Å². The first-order valence-corrected chi connectivity index (χ1v) is 7.64. The van der Waals surface area contributed by atoms with E-state index in [1.807, 2.05) is 37.4 Å². The highest BCUT2D eigenvalue weighted by molar-refractivity contribution is 6.30. The molecule has 0 fully saturated rings. The van der Waals surface area contributed by atoms with Crippen LogP contribution in [-0.4, -0.2) is 21.5 Å². The monoisotopic (exact) mass is 310 g/mol. The van der Waals surface area contributed by atoms with E-state index in [2.05, 4.69) is 21.4 Å². The summed E-state index contributed by atoms with van der Waals surface area (Å²) in [5, 5.41) is 3.96. The Kier molecular flexibility index (Phi) is 3.12. The van der Waals surface area contributed by atoms with Crippen LogP contribution < -0.4 is 5.32 Å². The quantitative estimate of drug-likeness (QED) is 0.755. The summed E-state index contributed by atoms with van der Waals surface area (Å²) in [6.45, 7) is 2.93. The highest BCUT2D eigenvalue weighted by atomic mass is 35.5. The van der Waals surface area contributed by atoms with Crippen LogP contribution in [0.1, 0.15) is 17.9 Å². The van der Waals surface area contributed by atoms with Crippen molar-refractivity contribution < 1.29 is 0 Å². The second-order valence-corrected chi connectivity index (χ2v) is 5.89. The van der Waals surface area contributed by atoms with Crippen LogP contribution in [0.5, 0.6) is 0 Å². The van der Waals surface area contributed by atoms with Crippen molar-refractivity contribution in [2.75, 3.05) is 6.54 Å². The van der Waals surface area contributed by atoms with Crippen molar-refractivity contribution >= 4 is 17.2 Å². The third-order valence-corrected chi connectivity index (χ3v) is 4.06. The Labute approximate surface area is 133 Å². The van der Waals surface area contributed by atoms with Crippen molar-refractivity contribution in [2.24, 2.45) is 0 Å². The summed E-state index contributed by atoms with van der Waals surface area (Å²) >= 11 is 6.09. The fourth-order valence-corrected chi connectivity index (χ4v) is 3.01. The van der Waals surface area contributed by atoms with Gasteiger partial charge in [-0.2, -0.15) is 0 Å². The van der Waals surface area contributed by atoms with Gasteiger partial charge in [-0.25, -0.2) is 9.97 Å². The molecule has 0 amide bonds.